The van der Waals surface area contributed by atoms with Gasteiger partial charge in [0, 0.05) is 59.6 Å². The van der Waals surface area contributed by atoms with Crippen LogP contribution in [-0.4, -0.2) is 44.7 Å². The normalized spacial score (nSPS) is 20.2. The fourth-order valence-electron chi connectivity index (χ4n) is 3.64. The summed E-state index contributed by atoms with van der Waals surface area (Å²) in [5.74, 6) is 0.0705. The zero-order valence-electron chi connectivity index (χ0n) is 18.1. The van der Waals surface area contributed by atoms with Gasteiger partial charge in [0.1, 0.15) is 5.15 Å². The highest BCUT2D eigenvalue weighted by Gasteiger charge is 2.30. The van der Waals surface area contributed by atoms with Gasteiger partial charge in [0.25, 0.3) is 0 Å². The third-order valence-electron chi connectivity index (χ3n) is 5.07. The largest absolute Gasteiger partial charge is 0.465 e. The highest BCUT2D eigenvalue weighted by atomic mass is 35.5. The Morgan fingerprint density at radius 1 is 1.06 bits per heavy atom. The lowest BCUT2D eigenvalue weighted by Gasteiger charge is -2.31. The van der Waals surface area contributed by atoms with E-state index in [1.807, 2.05) is 31.2 Å². The van der Waals surface area contributed by atoms with Crippen LogP contribution in [0.5, 0.6) is 0 Å². The molecule has 2 N–H and O–H groups in total. The number of rotatable bonds is 2. The van der Waals surface area contributed by atoms with Crippen LogP contribution in [-0.2, 0) is 9.59 Å². The Morgan fingerprint density at radius 2 is 1.79 bits per heavy atom. The number of benzene rings is 1. The van der Waals surface area contributed by atoms with Crippen LogP contribution in [0.1, 0.15) is 37.8 Å². The van der Waals surface area contributed by atoms with E-state index in [2.05, 4.69) is 10.3 Å². The standard InChI is InChI=1S/C12H11ClN2O3.C12H12ClNO/c1-7-4-9(16)5-10(15(7)12(17)18)8-2-3-11(13)14-6-8;1-8-5-11(15)7-12(14-8)9-3-2-4-10(13)6-9/h2-3,5-7H,4H2,1H3,(H,17,18);2-4,6-8,14H,5H2,1H3. The molecule has 0 saturated heterocycles. The number of aromatic nitrogens is 1. The lowest BCUT2D eigenvalue weighted by atomic mass is 10.0. The summed E-state index contributed by atoms with van der Waals surface area (Å²) < 4.78 is 0. The summed E-state index contributed by atoms with van der Waals surface area (Å²) in [5.41, 5.74) is 2.72. The van der Waals surface area contributed by atoms with Crippen LogP contribution in [0.25, 0.3) is 11.4 Å². The highest BCUT2D eigenvalue weighted by molar-refractivity contribution is 6.30. The number of allylic oxidation sites excluding steroid dienone is 2. The monoisotopic (exact) mass is 487 g/mol. The SMILES string of the molecule is CC1CC(=O)C=C(c2ccc(Cl)nc2)N1C(=O)O.CC1CC(=O)C=C(c2cccc(Cl)c2)N1. The lowest BCUT2D eigenvalue weighted by molar-refractivity contribution is -0.116. The van der Waals surface area contributed by atoms with Crippen molar-refractivity contribution in [2.24, 2.45) is 0 Å². The van der Waals surface area contributed by atoms with E-state index in [-0.39, 0.29) is 30.1 Å². The topological polar surface area (TPSA) is 99.6 Å². The summed E-state index contributed by atoms with van der Waals surface area (Å²) >= 11 is 11.6. The molecule has 4 rings (SSSR count). The molecule has 172 valence electrons. The molecule has 0 aliphatic carbocycles. The van der Waals surface area contributed by atoms with Gasteiger partial charge in [0.05, 0.1) is 5.70 Å². The minimum Gasteiger partial charge on any atom is -0.465 e. The number of nitrogens with one attached hydrogen (secondary N) is 1. The van der Waals surface area contributed by atoms with E-state index in [9.17, 15) is 19.5 Å². The Kier molecular flexibility index (Phi) is 7.89. The van der Waals surface area contributed by atoms with Crippen LogP contribution < -0.4 is 5.32 Å². The number of ketones is 2. The van der Waals surface area contributed by atoms with Gasteiger partial charge in [0.15, 0.2) is 11.6 Å². The molecule has 0 fully saturated rings. The summed E-state index contributed by atoms with van der Waals surface area (Å²) in [4.78, 5) is 39.3. The van der Waals surface area contributed by atoms with Crippen LogP contribution >= 0.6 is 23.2 Å². The maximum Gasteiger partial charge on any atom is 0.412 e. The zero-order valence-corrected chi connectivity index (χ0v) is 19.6. The van der Waals surface area contributed by atoms with E-state index in [1.165, 1.54) is 17.2 Å². The van der Waals surface area contributed by atoms with Crippen molar-refractivity contribution >= 4 is 52.3 Å². The van der Waals surface area contributed by atoms with Gasteiger partial charge in [-0.1, -0.05) is 35.3 Å². The molecule has 0 spiro atoms. The maximum absolute atomic E-state index is 11.5. The first-order valence-electron chi connectivity index (χ1n) is 10.3. The quantitative estimate of drug-likeness (QED) is 0.574. The molecule has 0 saturated carbocycles. The van der Waals surface area contributed by atoms with Crippen LogP contribution in [0.3, 0.4) is 0 Å². The third-order valence-corrected chi connectivity index (χ3v) is 5.53. The zero-order chi connectivity index (χ0) is 24.1. The molecule has 2 atom stereocenters. The van der Waals surface area contributed by atoms with Crippen molar-refractivity contribution in [1.82, 2.24) is 15.2 Å². The number of amides is 1. The molecule has 9 heteroatoms. The molecule has 2 aliphatic rings. The first-order chi connectivity index (χ1) is 15.6. The molecular weight excluding hydrogens is 465 g/mol. The molecule has 3 heterocycles. The van der Waals surface area contributed by atoms with Gasteiger partial charge >= 0.3 is 6.09 Å². The smallest absolute Gasteiger partial charge is 0.412 e. The summed E-state index contributed by atoms with van der Waals surface area (Å²) in [6.07, 6.45) is 4.09. The Labute approximate surface area is 201 Å². The van der Waals surface area contributed by atoms with E-state index in [0.717, 1.165) is 11.3 Å². The van der Waals surface area contributed by atoms with E-state index < -0.39 is 6.09 Å². The lowest BCUT2D eigenvalue weighted by Crippen LogP contribution is -2.40. The van der Waals surface area contributed by atoms with Crippen molar-refractivity contribution in [3.05, 3.63) is 76.0 Å². The van der Waals surface area contributed by atoms with E-state index >= 15 is 0 Å². The Hall–Kier alpha value is -3.16. The van der Waals surface area contributed by atoms with Gasteiger partial charge in [-0.3, -0.25) is 14.5 Å². The maximum atomic E-state index is 11.5. The number of carbonyl (C=O) groups is 3. The molecule has 1 amide bonds. The summed E-state index contributed by atoms with van der Waals surface area (Å²) in [6, 6.07) is 10.5. The summed E-state index contributed by atoms with van der Waals surface area (Å²) in [7, 11) is 0. The Bertz CT molecular complexity index is 1130. The second-order valence-electron chi connectivity index (χ2n) is 7.86. The van der Waals surface area contributed by atoms with Crippen molar-refractivity contribution in [1.29, 1.82) is 0 Å². The van der Waals surface area contributed by atoms with Gasteiger partial charge < -0.3 is 10.4 Å². The number of halogens is 2. The molecule has 7 nitrogen and oxygen atoms in total. The second-order valence-corrected chi connectivity index (χ2v) is 8.68. The minimum absolute atomic E-state index is 0.0926. The number of carboxylic acid groups (broad SMARTS) is 1. The van der Waals surface area contributed by atoms with Crippen LogP contribution in [0.2, 0.25) is 10.2 Å². The van der Waals surface area contributed by atoms with Crippen molar-refractivity contribution in [2.45, 2.75) is 38.8 Å². The van der Waals surface area contributed by atoms with Gasteiger partial charge in [-0.25, -0.2) is 9.78 Å². The Balaban J connectivity index is 0.000000189. The minimum atomic E-state index is -1.09. The third kappa shape index (κ3) is 6.43. The average Bonchev–Trinajstić information content (AvgIpc) is 2.73. The van der Waals surface area contributed by atoms with Gasteiger partial charge in [-0.05, 0) is 43.7 Å². The van der Waals surface area contributed by atoms with E-state index in [0.29, 0.717) is 27.9 Å². The van der Waals surface area contributed by atoms with Crippen molar-refractivity contribution in [3.63, 3.8) is 0 Å². The molecular formula is C24H23Cl2N3O4. The summed E-state index contributed by atoms with van der Waals surface area (Å²) in [5, 5.41) is 13.5. The van der Waals surface area contributed by atoms with Gasteiger partial charge in [-0.15, -0.1) is 0 Å². The highest BCUT2D eigenvalue weighted by Crippen LogP contribution is 2.27. The molecule has 2 unspecified atom stereocenters. The Morgan fingerprint density at radius 3 is 2.39 bits per heavy atom. The van der Waals surface area contributed by atoms with Gasteiger partial charge in [0.2, 0.25) is 0 Å². The fourth-order valence-corrected chi connectivity index (χ4v) is 3.95. The first-order valence-corrected chi connectivity index (χ1v) is 11.0. The van der Waals surface area contributed by atoms with E-state index in [1.54, 1.807) is 25.1 Å². The number of carbonyl (C=O) groups excluding carboxylic acids is 2. The number of nitrogens with zero attached hydrogens (tertiary/aromatic N) is 2. The van der Waals surface area contributed by atoms with Crippen molar-refractivity contribution < 1.29 is 19.5 Å². The molecule has 0 radical (unpaired) electrons. The van der Waals surface area contributed by atoms with Gasteiger partial charge in [-0.2, -0.15) is 0 Å². The second kappa shape index (κ2) is 10.6. The molecule has 1 aromatic carbocycles. The summed E-state index contributed by atoms with van der Waals surface area (Å²) in [6.45, 7) is 3.69. The first kappa shape index (κ1) is 24.5. The molecule has 1 aromatic heterocycles. The molecule has 2 aliphatic heterocycles. The fraction of sp³-hybridized carbons (Fsp3) is 0.250. The van der Waals surface area contributed by atoms with Crippen LogP contribution in [0.15, 0.2) is 54.7 Å². The number of hydrogen-bond donors (Lipinski definition) is 2. The number of hydrogen-bond acceptors (Lipinski definition) is 5. The van der Waals surface area contributed by atoms with Crippen LogP contribution in [0, 0.1) is 0 Å². The number of pyridine rings is 1. The van der Waals surface area contributed by atoms with Crippen LogP contribution in [0.4, 0.5) is 4.79 Å². The van der Waals surface area contributed by atoms with Crippen molar-refractivity contribution in [2.75, 3.05) is 0 Å². The predicted octanol–water partition coefficient (Wildman–Crippen LogP) is 5.05. The van der Waals surface area contributed by atoms with Crippen molar-refractivity contribution in [3.8, 4) is 0 Å². The van der Waals surface area contributed by atoms with E-state index in [4.69, 9.17) is 23.2 Å². The molecule has 33 heavy (non-hydrogen) atoms. The average molecular weight is 488 g/mol. The molecule has 2 aromatic rings. The predicted molar refractivity (Wildman–Crippen MR) is 128 cm³/mol. The molecule has 0 bridgehead atoms.